The first kappa shape index (κ1) is 25.2. The van der Waals surface area contributed by atoms with Crippen molar-refractivity contribution in [1.82, 2.24) is 0 Å². The number of ketones is 1. The van der Waals surface area contributed by atoms with E-state index in [0.717, 1.165) is 0 Å². The molecule has 1 fully saturated rings. The zero-order chi connectivity index (χ0) is 26.8. The molecule has 3 aromatic carbocycles. The number of Topliss-reactive ketones (excluding diaryl/α,β-unsaturated/α-hetero) is 1. The van der Waals surface area contributed by atoms with Crippen LogP contribution in [0.25, 0.3) is 5.76 Å². The van der Waals surface area contributed by atoms with Gasteiger partial charge in [0.05, 0.1) is 25.3 Å². The Bertz CT molecular complexity index is 1380. The minimum Gasteiger partial charge on any atom is -0.507 e. The molecule has 0 radical (unpaired) electrons. The van der Waals surface area contributed by atoms with Crippen molar-refractivity contribution in [2.24, 2.45) is 5.92 Å². The number of methoxy groups -OCH3 is 1. The number of aliphatic hydroxyl groups is 1. The fourth-order valence-corrected chi connectivity index (χ4v) is 4.51. The molecule has 8 heteroatoms. The second-order valence-corrected chi connectivity index (χ2v) is 9.50. The van der Waals surface area contributed by atoms with Crippen molar-refractivity contribution in [3.05, 3.63) is 83.4 Å². The van der Waals surface area contributed by atoms with Gasteiger partial charge in [0, 0.05) is 17.3 Å². The minimum absolute atomic E-state index is 0.00842. The molecule has 2 aliphatic heterocycles. The first-order valence-corrected chi connectivity index (χ1v) is 12.4. The van der Waals surface area contributed by atoms with Gasteiger partial charge >= 0.3 is 0 Å². The van der Waals surface area contributed by atoms with Crippen molar-refractivity contribution in [2.45, 2.75) is 19.9 Å². The van der Waals surface area contributed by atoms with Crippen LogP contribution in [0.15, 0.2) is 72.3 Å². The number of rotatable bonds is 7. The Kier molecular flexibility index (Phi) is 6.96. The van der Waals surface area contributed by atoms with Gasteiger partial charge in [0.1, 0.15) is 30.5 Å². The molecular formula is C30H29NO7. The first-order chi connectivity index (χ1) is 18.4. The first-order valence-electron chi connectivity index (χ1n) is 12.4. The van der Waals surface area contributed by atoms with Gasteiger partial charge in [0.2, 0.25) is 0 Å². The van der Waals surface area contributed by atoms with Gasteiger partial charge in [-0.05, 0) is 60.0 Å². The fraction of sp³-hybridized carbons (Fsp3) is 0.267. The smallest absolute Gasteiger partial charge is 0.300 e. The van der Waals surface area contributed by atoms with Crippen LogP contribution < -0.4 is 23.8 Å². The molecule has 38 heavy (non-hydrogen) atoms. The van der Waals surface area contributed by atoms with Crippen LogP contribution in [0.1, 0.15) is 31.0 Å². The highest BCUT2D eigenvalue weighted by Crippen LogP contribution is 2.44. The Morgan fingerprint density at radius 2 is 1.61 bits per heavy atom. The van der Waals surface area contributed by atoms with Crippen LogP contribution in [0.4, 0.5) is 5.69 Å². The Morgan fingerprint density at radius 1 is 0.947 bits per heavy atom. The zero-order valence-electron chi connectivity index (χ0n) is 21.5. The molecule has 2 heterocycles. The van der Waals surface area contributed by atoms with E-state index in [-0.39, 0.29) is 11.3 Å². The van der Waals surface area contributed by atoms with E-state index in [1.807, 2.05) is 0 Å². The summed E-state index contributed by atoms with van der Waals surface area (Å²) in [6, 6.07) is 18.1. The molecule has 0 saturated carbocycles. The number of amides is 1. The maximum absolute atomic E-state index is 13.4. The number of benzene rings is 3. The second kappa shape index (κ2) is 10.5. The quantitative estimate of drug-likeness (QED) is 0.265. The summed E-state index contributed by atoms with van der Waals surface area (Å²) >= 11 is 0. The van der Waals surface area contributed by atoms with Crippen LogP contribution in [0, 0.1) is 5.92 Å². The highest BCUT2D eigenvalue weighted by atomic mass is 16.6. The summed E-state index contributed by atoms with van der Waals surface area (Å²) in [6.07, 6.45) is 0. The predicted octanol–water partition coefficient (Wildman–Crippen LogP) is 5.13. The number of anilines is 1. The summed E-state index contributed by atoms with van der Waals surface area (Å²) in [5, 5.41) is 11.4. The average molecular weight is 516 g/mol. The topological polar surface area (TPSA) is 94.5 Å². The molecule has 1 amide bonds. The molecule has 196 valence electrons. The molecule has 8 nitrogen and oxygen atoms in total. The molecule has 2 aliphatic rings. The van der Waals surface area contributed by atoms with Crippen LogP contribution in [-0.2, 0) is 9.59 Å². The summed E-state index contributed by atoms with van der Waals surface area (Å²) in [5.41, 5.74) is 1.48. The van der Waals surface area contributed by atoms with E-state index in [0.29, 0.717) is 65.6 Å². The van der Waals surface area contributed by atoms with E-state index in [1.165, 1.54) is 4.90 Å². The van der Waals surface area contributed by atoms with Crippen molar-refractivity contribution in [1.29, 1.82) is 0 Å². The third kappa shape index (κ3) is 4.77. The molecule has 0 spiro atoms. The molecule has 1 saturated heterocycles. The lowest BCUT2D eigenvalue weighted by atomic mass is 9.95. The largest absolute Gasteiger partial charge is 0.507 e. The maximum atomic E-state index is 13.4. The van der Waals surface area contributed by atoms with Crippen LogP contribution in [0.3, 0.4) is 0 Å². The Morgan fingerprint density at radius 3 is 2.26 bits per heavy atom. The lowest BCUT2D eigenvalue weighted by Gasteiger charge is -2.27. The summed E-state index contributed by atoms with van der Waals surface area (Å²) in [4.78, 5) is 28.3. The van der Waals surface area contributed by atoms with Crippen molar-refractivity contribution in [3.8, 4) is 23.0 Å². The number of hydrogen-bond donors (Lipinski definition) is 1. The molecule has 1 atom stereocenters. The van der Waals surface area contributed by atoms with Gasteiger partial charge in [0.25, 0.3) is 11.7 Å². The molecular weight excluding hydrogens is 486 g/mol. The van der Waals surface area contributed by atoms with Crippen LogP contribution in [0.2, 0.25) is 0 Å². The highest BCUT2D eigenvalue weighted by molar-refractivity contribution is 6.51. The molecule has 5 rings (SSSR count). The molecule has 0 aliphatic carbocycles. The fourth-order valence-electron chi connectivity index (χ4n) is 4.51. The van der Waals surface area contributed by atoms with E-state index >= 15 is 0 Å². The van der Waals surface area contributed by atoms with E-state index in [4.69, 9.17) is 18.9 Å². The predicted molar refractivity (Wildman–Crippen MR) is 142 cm³/mol. The number of carbonyl (C=O) groups excluding carboxylic acids is 2. The number of carbonyl (C=O) groups is 2. The number of nitrogens with zero attached hydrogens (tertiary/aromatic N) is 1. The Hall–Kier alpha value is -4.46. The van der Waals surface area contributed by atoms with E-state index in [1.54, 1.807) is 73.8 Å². The number of fused-ring (bicyclic) bond motifs is 1. The van der Waals surface area contributed by atoms with Gasteiger partial charge in [-0.2, -0.15) is 0 Å². The van der Waals surface area contributed by atoms with Gasteiger partial charge in [-0.25, -0.2) is 0 Å². The monoisotopic (exact) mass is 515 g/mol. The average Bonchev–Trinajstić information content (AvgIpc) is 3.21. The lowest BCUT2D eigenvalue weighted by molar-refractivity contribution is -0.132. The molecule has 1 N–H and O–H groups in total. The number of hydrogen-bond acceptors (Lipinski definition) is 7. The maximum Gasteiger partial charge on any atom is 0.300 e. The van der Waals surface area contributed by atoms with Crippen LogP contribution in [0.5, 0.6) is 23.0 Å². The van der Waals surface area contributed by atoms with Gasteiger partial charge in [-0.15, -0.1) is 0 Å². The number of aliphatic hydroxyl groups excluding tert-OH is 1. The van der Waals surface area contributed by atoms with Gasteiger partial charge in [-0.3, -0.25) is 14.5 Å². The van der Waals surface area contributed by atoms with Crippen molar-refractivity contribution in [3.63, 3.8) is 0 Å². The SMILES string of the molecule is COc1ccc(C2/C(=C(\O)c3ccc(OCC(C)C)cc3)C(=O)C(=O)N2c2ccc3c(c2)OCCO3)cc1. The van der Waals surface area contributed by atoms with Gasteiger partial charge in [0.15, 0.2) is 11.5 Å². The third-order valence-corrected chi connectivity index (χ3v) is 6.39. The lowest BCUT2D eigenvalue weighted by Crippen LogP contribution is -2.29. The van der Waals surface area contributed by atoms with Gasteiger partial charge in [-0.1, -0.05) is 26.0 Å². The van der Waals surface area contributed by atoms with Crippen molar-refractivity contribution < 1.29 is 33.6 Å². The summed E-state index contributed by atoms with van der Waals surface area (Å²) in [6.45, 7) is 5.49. The van der Waals surface area contributed by atoms with Crippen LogP contribution in [-0.4, -0.2) is 43.7 Å². The van der Waals surface area contributed by atoms with E-state index in [2.05, 4.69) is 13.8 Å². The Labute approximate surface area is 221 Å². The molecule has 0 bridgehead atoms. The molecule has 3 aromatic rings. The van der Waals surface area contributed by atoms with E-state index in [9.17, 15) is 14.7 Å². The number of ether oxygens (including phenoxy) is 4. The normalized spacial score (nSPS) is 18.1. The van der Waals surface area contributed by atoms with E-state index < -0.39 is 17.7 Å². The molecule has 0 aromatic heterocycles. The second-order valence-electron chi connectivity index (χ2n) is 9.50. The summed E-state index contributed by atoms with van der Waals surface area (Å²) in [5.74, 6) is 0.905. The summed E-state index contributed by atoms with van der Waals surface area (Å²) in [7, 11) is 1.56. The van der Waals surface area contributed by atoms with Crippen LogP contribution >= 0.6 is 0 Å². The Balaban J connectivity index is 1.60. The van der Waals surface area contributed by atoms with Crippen molar-refractivity contribution >= 4 is 23.1 Å². The van der Waals surface area contributed by atoms with Crippen molar-refractivity contribution in [2.75, 3.05) is 31.8 Å². The summed E-state index contributed by atoms with van der Waals surface area (Å²) < 4.78 is 22.3. The van der Waals surface area contributed by atoms with Gasteiger partial charge < -0.3 is 24.1 Å². The minimum atomic E-state index is -0.875. The zero-order valence-corrected chi connectivity index (χ0v) is 21.5. The third-order valence-electron chi connectivity index (χ3n) is 6.39. The molecule has 1 unspecified atom stereocenters. The standard InChI is InChI=1S/C30H29NO7/c1-18(2)17-38-23-11-6-20(7-12-23)28(32)26-27(19-4-9-22(35-3)10-5-19)31(30(34)29(26)33)21-8-13-24-25(16-21)37-15-14-36-24/h4-13,16,18,27,32H,14-15,17H2,1-3H3/b28-26+. The highest BCUT2D eigenvalue weighted by Gasteiger charge is 2.47.